The average Bonchev–Trinajstić information content (AvgIpc) is 2.96. The van der Waals surface area contributed by atoms with Crippen molar-refractivity contribution in [2.75, 3.05) is 6.54 Å². The van der Waals surface area contributed by atoms with Gasteiger partial charge in [-0.2, -0.15) is 0 Å². The van der Waals surface area contributed by atoms with Crippen LogP contribution in [0.15, 0.2) is 30.6 Å². The van der Waals surface area contributed by atoms with E-state index in [9.17, 15) is 4.39 Å². The van der Waals surface area contributed by atoms with Gasteiger partial charge >= 0.3 is 0 Å². The van der Waals surface area contributed by atoms with E-state index in [1.807, 2.05) is 0 Å². The summed E-state index contributed by atoms with van der Waals surface area (Å²) in [4.78, 5) is 8.76. The van der Waals surface area contributed by atoms with Crippen molar-refractivity contribution in [2.24, 2.45) is 0 Å². The zero-order valence-electron chi connectivity index (χ0n) is 10.2. The summed E-state index contributed by atoms with van der Waals surface area (Å²) < 4.78 is 13.5. The van der Waals surface area contributed by atoms with E-state index >= 15 is 0 Å². The maximum atomic E-state index is 13.5. The van der Waals surface area contributed by atoms with Gasteiger partial charge in [0.1, 0.15) is 5.82 Å². The van der Waals surface area contributed by atoms with Crippen LogP contribution >= 0.6 is 11.6 Å². The standard InChI is InChI=1S/C14H13ClFN3/c15-10-4-3-9(6-11(10)16)13-7-17-8-14(19-13)12-2-1-5-18-12/h3-4,6-8,12,18H,1-2,5H2. The molecule has 0 bridgehead atoms. The van der Waals surface area contributed by atoms with Crippen molar-refractivity contribution < 1.29 is 4.39 Å². The molecule has 98 valence electrons. The van der Waals surface area contributed by atoms with Crippen molar-refractivity contribution in [3.05, 3.63) is 47.1 Å². The monoisotopic (exact) mass is 277 g/mol. The van der Waals surface area contributed by atoms with Gasteiger partial charge in [0.2, 0.25) is 0 Å². The smallest absolute Gasteiger partial charge is 0.142 e. The van der Waals surface area contributed by atoms with E-state index in [1.54, 1.807) is 18.5 Å². The molecule has 5 heteroatoms. The van der Waals surface area contributed by atoms with Gasteiger partial charge in [0.15, 0.2) is 0 Å². The van der Waals surface area contributed by atoms with Gasteiger partial charge in [-0.3, -0.25) is 4.98 Å². The number of nitrogens with zero attached hydrogens (tertiary/aromatic N) is 2. The summed E-state index contributed by atoms with van der Waals surface area (Å²) >= 11 is 5.68. The Morgan fingerprint density at radius 3 is 2.95 bits per heavy atom. The summed E-state index contributed by atoms with van der Waals surface area (Å²) in [5, 5.41) is 3.49. The fourth-order valence-corrected chi connectivity index (χ4v) is 2.40. The third-order valence-electron chi connectivity index (χ3n) is 3.29. The van der Waals surface area contributed by atoms with Gasteiger partial charge in [-0.25, -0.2) is 9.37 Å². The van der Waals surface area contributed by atoms with Crippen molar-refractivity contribution in [3.8, 4) is 11.3 Å². The Bertz CT molecular complexity index is 597. The molecule has 2 heterocycles. The highest BCUT2D eigenvalue weighted by molar-refractivity contribution is 6.30. The normalized spacial score (nSPS) is 18.7. The molecule has 0 saturated carbocycles. The summed E-state index contributed by atoms with van der Waals surface area (Å²) in [7, 11) is 0. The van der Waals surface area contributed by atoms with Crippen LogP contribution in [0.3, 0.4) is 0 Å². The molecule has 3 rings (SSSR count). The molecule has 1 unspecified atom stereocenters. The van der Waals surface area contributed by atoms with Crippen LogP contribution in [0.1, 0.15) is 24.6 Å². The fourth-order valence-electron chi connectivity index (χ4n) is 2.28. The molecular formula is C14H13ClFN3. The maximum Gasteiger partial charge on any atom is 0.142 e. The molecular weight excluding hydrogens is 265 g/mol. The number of nitrogens with one attached hydrogen (secondary N) is 1. The minimum atomic E-state index is -0.439. The fraction of sp³-hybridized carbons (Fsp3) is 0.286. The summed E-state index contributed by atoms with van der Waals surface area (Å²) in [6, 6.07) is 4.93. The Morgan fingerprint density at radius 1 is 1.32 bits per heavy atom. The molecule has 0 radical (unpaired) electrons. The molecule has 2 aromatic rings. The predicted molar refractivity (Wildman–Crippen MR) is 72.4 cm³/mol. The van der Waals surface area contributed by atoms with Gasteiger partial charge in [-0.1, -0.05) is 17.7 Å². The largest absolute Gasteiger partial charge is 0.309 e. The van der Waals surface area contributed by atoms with Crippen LogP contribution in [-0.4, -0.2) is 16.5 Å². The first-order valence-electron chi connectivity index (χ1n) is 6.25. The van der Waals surface area contributed by atoms with Crippen LogP contribution in [0.2, 0.25) is 5.02 Å². The first kappa shape index (κ1) is 12.5. The highest BCUT2D eigenvalue weighted by Crippen LogP contribution is 2.25. The van der Waals surface area contributed by atoms with Crippen LogP contribution in [0, 0.1) is 5.82 Å². The van der Waals surface area contributed by atoms with Crippen LogP contribution in [0.25, 0.3) is 11.3 Å². The highest BCUT2D eigenvalue weighted by Gasteiger charge is 2.18. The van der Waals surface area contributed by atoms with Crippen molar-refractivity contribution in [2.45, 2.75) is 18.9 Å². The zero-order valence-corrected chi connectivity index (χ0v) is 11.0. The summed E-state index contributed by atoms with van der Waals surface area (Å²) in [6.07, 6.45) is 5.61. The van der Waals surface area contributed by atoms with Crippen LogP contribution in [0.5, 0.6) is 0 Å². The van der Waals surface area contributed by atoms with Gasteiger partial charge in [-0.15, -0.1) is 0 Å². The van der Waals surface area contributed by atoms with Crippen LogP contribution in [-0.2, 0) is 0 Å². The van der Waals surface area contributed by atoms with Gasteiger partial charge < -0.3 is 5.32 Å². The second-order valence-electron chi connectivity index (χ2n) is 4.61. The van der Waals surface area contributed by atoms with E-state index in [1.165, 1.54) is 12.1 Å². The van der Waals surface area contributed by atoms with E-state index < -0.39 is 5.82 Å². The van der Waals surface area contributed by atoms with Gasteiger partial charge in [0.05, 0.1) is 34.8 Å². The Morgan fingerprint density at radius 2 is 2.21 bits per heavy atom. The average molecular weight is 278 g/mol. The minimum absolute atomic E-state index is 0.116. The molecule has 19 heavy (non-hydrogen) atoms. The Labute approximate surface area is 115 Å². The van der Waals surface area contributed by atoms with E-state index in [-0.39, 0.29) is 11.1 Å². The second kappa shape index (κ2) is 5.23. The molecule has 1 aliphatic heterocycles. The highest BCUT2D eigenvalue weighted by atomic mass is 35.5. The summed E-state index contributed by atoms with van der Waals surface area (Å²) in [5.41, 5.74) is 2.27. The van der Waals surface area contributed by atoms with Crippen molar-refractivity contribution in [3.63, 3.8) is 0 Å². The summed E-state index contributed by atoms with van der Waals surface area (Å²) in [5.74, 6) is -0.439. The third-order valence-corrected chi connectivity index (χ3v) is 3.59. The molecule has 0 spiro atoms. The molecule has 3 nitrogen and oxygen atoms in total. The van der Waals surface area contributed by atoms with E-state index in [0.29, 0.717) is 11.3 Å². The van der Waals surface area contributed by atoms with Gasteiger partial charge in [-0.05, 0) is 31.5 Å². The Balaban J connectivity index is 1.95. The topological polar surface area (TPSA) is 37.8 Å². The lowest BCUT2D eigenvalue weighted by Crippen LogP contribution is -2.14. The molecule has 1 aromatic carbocycles. The van der Waals surface area contributed by atoms with Crippen molar-refractivity contribution in [1.29, 1.82) is 0 Å². The minimum Gasteiger partial charge on any atom is -0.309 e. The maximum absolute atomic E-state index is 13.5. The molecule has 0 amide bonds. The van der Waals surface area contributed by atoms with Crippen molar-refractivity contribution in [1.82, 2.24) is 15.3 Å². The lowest BCUT2D eigenvalue weighted by molar-refractivity contribution is 0.623. The zero-order chi connectivity index (χ0) is 13.2. The quantitative estimate of drug-likeness (QED) is 0.915. The molecule has 1 aliphatic rings. The van der Waals surface area contributed by atoms with E-state index in [2.05, 4.69) is 15.3 Å². The second-order valence-corrected chi connectivity index (χ2v) is 5.01. The molecule has 1 saturated heterocycles. The molecule has 0 aliphatic carbocycles. The third kappa shape index (κ3) is 2.60. The summed E-state index contributed by atoms with van der Waals surface area (Å²) in [6.45, 7) is 1.01. The Hall–Kier alpha value is -1.52. The molecule has 1 N–H and O–H groups in total. The first-order valence-corrected chi connectivity index (χ1v) is 6.62. The lowest BCUT2D eigenvalue weighted by atomic mass is 10.1. The molecule has 1 atom stereocenters. The molecule has 1 aromatic heterocycles. The van der Waals surface area contributed by atoms with Gasteiger partial charge in [0.25, 0.3) is 0 Å². The number of hydrogen-bond donors (Lipinski definition) is 1. The Kier molecular flexibility index (Phi) is 3.44. The number of aromatic nitrogens is 2. The lowest BCUT2D eigenvalue weighted by Gasteiger charge is -2.10. The number of rotatable bonds is 2. The number of benzene rings is 1. The van der Waals surface area contributed by atoms with Crippen LogP contribution in [0.4, 0.5) is 4.39 Å². The SMILES string of the molecule is Fc1cc(-c2cncc(C3CCCN3)n2)ccc1Cl. The molecule has 1 fully saturated rings. The van der Waals surface area contributed by atoms with E-state index in [4.69, 9.17) is 11.6 Å². The van der Waals surface area contributed by atoms with E-state index in [0.717, 1.165) is 25.1 Å². The van der Waals surface area contributed by atoms with Gasteiger partial charge in [0, 0.05) is 5.56 Å². The predicted octanol–water partition coefficient (Wildman–Crippen LogP) is 3.36. The van der Waals surface area contributed by atoms with Crippen molar-refractivity contribution >= 4 is 11.6 Å². The number of hydrogen-bond acceptors (Lipinski definition) is 3. The van der Waals surface area contributed by atoms with Crippen LogP contribution < -0.4 is 5.32 Å². The first-order chi connectivity index (χ1) is 9.24. The number of halogens is 2.